The Labute approximate surface area is 133 Å². The van der Waals surface area contributed by atoms with E-state index in [1.807, 2.05) is 13.0 Å². The zero-order valence-electron chi connectivity index (χ0n) is 13.1. The number of nitriles is 1. The van der Waals surface area contributed by atoms with Gasteiger partial charge in [0.05, 0.1) is 18.6 Å². The summed E-state index contributed by atoms with van der Waals surface area (Å²) in [5, 5.41) is 17.3. The molecule has 23 heavy (non-hydrogen) atoms. The first-order valence-electron chi connectivity index (χ1n) is 7.63. The van der Waals surface area contributed by atoms with Crippen molar-refractivity contribution in [2.45, 2.75) is 19.3 Å². The lowest BCUT2D eigenvalue weighted by molar-refractivity contribution is 0.166. The lowest BCUT2D eigenvalue weighted by atomic mass is 9.81. The summed E-state index contributed by atoms with van der Waals surface area (Å²) in [5.74, 6) is 2.36. The van der Waals surface area contributed by atoms with E-state index in [9.17, 15) is 0 Å². The maximum absolute atomic E-state index is 9.10. The van der Waals surface area contributed by atoms with E-state index in [1.54, 1.807) is 13.0 Å². The first-order chi connectivity index (χ1) is 11.1. The molecule has 0 unspecified atom stereocenters. The average molecular weight is 311 g/mol. The Morgan fingerprint density at radius 2 is 2.22 bits per heavy atom. The van der Waals surface area contributed by atoms with Gasteiger partial charge in [-0.15, -0.1) is 10.2 Å². The van der Waals surface area contributed by atoms with Crippen molar-refractivity contribution < 1.29 is 9.15 Å². The number of aryl methyl sites for hydroxylation is 2. The highest BCUT2D eigenvalue weighted by molar-refractivity contribution is 5.51. The monoisotopic (exact) mass is 311 g/mol. The number of hydrogen-bond acceptors (Lipinski definition) is 7. The highest BCUT2D eigenvalue weighted by atomic mass is 16.5. The number of rotatable bonds is 2. The zero-order valence-corrected chi connectivity index (χ0v) is 13.1. The van der Waals surface area contributed by atoms with Crippen molar-refractivity contribution in [3.63, 3.8) is 0 Å². The van der Waals surface area contributed by atoms with Gasteiger partial charge >= 0.3 is 0 Å². The van der Waals surface area contributed by atoms with E-state index in [-0.39, 0.29) is 11.3 Å². The fourth-order valence-corrected chi connectivity index (χ4v) is 3.60. The second-order valence-corrected chi connectivity index (χ2v) is 6.32. The molecule has 0 amide bonds. The third-order valence-electron chi connectivity index (χ3n) is 4.81. The summed E-state index contributed by atoms with van der Waals surface area (Å²) < 4.78 is 11.4. The highest BCUT2D eigenvalue weighted by Crippen LogP contribution is 2.44. The molecule has 0 N–H and O–H groups in total. The second kappa shape index (κ2) is 5.03. The van der Waals surface area contributed by atoms with Crippen LogP contribution in [0.15, 0.2) is 16.5 Å². The molecule has 2 aliphatic heterocycles. The fourth-order valence-electron chi connectivity index (χ4n) is 3.60. The van der Waals surface area contributed by atoms with Crippen LogP contribution in [0.5, 0.6) is 0 Å². The SMILES string of the molecule is Cc1nnc([C@@]23COC[C@@H]2CN(c2nc(C#N)ccc2C)C3)o1. The van der Waals surface area contributed by atoms with Gasteiger partial charge in [-0.2, -0.15) is 5.26 Å². The Kier molecular flexibility index (Phi) is 3.10. The summed E-state index contributed by atoms with van der Waals surface area (Å²) in [5.41, 5.74) is 1.21. The number of fused-ring (bicyclic) bond motifs is 1. The quantitative estimate of drug-likeness (QED) is 0.827. The Morgan fingerprint density at radius 1 is 1.35 bits per heavy atom. The van der Waals surface area contributed by atoms with Gasteiger partial charge in [0.1, 0.15) is 17.6 Å². The van der Waals surface area contributed by atoms with Gasteiger partial charge in [-0.05, 0) is 18.6 Å². The molecule has 7 nitrogen and oxygen atoms in total. The first kappa shape index (κ1) is 14.2. The van der Waals surface area contributed by atoms with Crippen LogP contribution >= 0.6 is 0 Å². The summed E-state index contributed by atoms with van der Waals surface area (Å²) in [6.07, 6.45) is 0. The standard InChI is InChI=1S/C16H17N5O2/c1-10-3-4-13(5-17)18-14(10)21-6-12-7-22-9-16(12,8-21)15-20-19-11(2)23-15/h3-4,12H,6-9H2,1-2H3/t12-,16-/m0/s1. The summed E-state index contributed by atoms with van der Waals surface area (Å²) in [4.78, 5) is 6.70. The minimum absolute atomic E-state index is 0.280. The maximum atomic E-state index is 9.10. The molecule has 0 spiro atoms. The second-order valence-electron chi connectivity index (χ2n) is 6.32. The van der Waals surface area contributed by atoms with E-state index in [2.05, 4.69) is 26.2 Å². The summed E-state index contributed by atoms with van der Waals surface area (Å²) in [7, 11) is 0. The van der Waals surface area contributed by atoms with Crippen LogP contribution in [-0.2, 0) is 10.2 Å². The van der Waals surface area contributed by atoms with Gasteiger partial charge in [0.2, 0.25) is 11.8 Å². The largest absolute Gasteiger partial charge is 0.425 e. The molecular formula is C16H17N5O2. The highest BCUT2D eigenvalue weighted by Gasteiger charge is 2.55. The van der Waals surface area contributed by atoms with E-state index in [0.29, 0.717) is 37.2 Å². The number of aromatic nitrogens is 3. The van der Waals surface area contributed by atoms with Crippen LogP contribution in [0, 0.1) is 31.1 Å². The van der Waals surface area contributed by atoms with Crippen molar-refractivity contribution in [1.82, 2.24) is 15.2 Å². The van der Waals surface area contributed by atoms with E-state index < -0.39 is 0 Å². The normalized spacial score (nSPS) is 26.3. The molecule has 0 saturated carbocycles. The molecule has 118 valence electrons. The molecule has 2 aliphatic rings. The maximum Gasteiger partial charge on any atom is 0.227 e. The van der Waals surface area contributed by atoms with Gasteiger partial charge < -0.3 is 14.1 Å². The van der Waals surface area contributed by atoms with Crippen LogP contribution in [0.4, 0.5) is 5.82 Å². The van der Waals surface area contributed by atoms with Crippen LogP contribution in [0.1, 0.15) is 23.0 Å². The third kappa shape index (κ3) is 2.10. The molecule has 4 rings (SSSR count). The van der Waals surface area contributed by atoms with Gasteiger partial charge in [0.15, 0.2) is 0 Å². The van der Waals surface area contributed by atoms with Crippen molar-refractivity contribution in [2.24, 2.45) is 5.92 Å². The molecule has 0 radical (unpaired) electrons. The molecule has 2 fully saturated rings. The molecule has 0 aliphatic carbocycles. The van der Waals surface area contributed by atoms with E-state index >= 15 is 0 Å². The smallest absolute Gasteiger partial charge is 0.227 e. The van der Waals surface area contributed by atoms with E-state index in [4.69, 9.17) is 14.4 Å². The molecule has 2 aromatic heterocycles. The van der Waals surface area contributed by atoms with Crippen LogP contribution < -0.4 is 4.90 Å². The Balaban J connectivity index is 1.72. The van der Waals surface area contributed by atoms with Crippen molar-refractivity contribution >= 4 is 5.82 Å². The van der Waals surface area contributed by atoms with Gasteiger partial charge in [-0.3, -0.25) is 0 Å². The minimum atomic E-state index is -0.280. The number of ether oxygens (including phenoxy) is 1. The lowest BCUT2D eigenvalue weighted by Crippen LogP contribution is -2.36. The zero-order chi connectivity index (χ0) is 16.0. The predicted molar refractivity (Wildman–Crippen MR) is 80.9 cm³/mol. The van der Waals surface area contributed by atoms with Crippen LogP contribution in [-0.4, -0.2) is 41.5 Å². The van der Waals surface area contributed by atoms with Crippen LogP contribution in [0.2, 0.25) is 0 Å². The minimum Gasteiger partial charge on any atom is -0.425 e. The summed E-state index contributed by atoms with van der Waals surface area (Å²) in [6.45, 7) is 6.58. The number of pyridine rings is 1. The molecule has 7 heteroatoms. The van der Waals surface area contributed by atoms with Crippen molar-refractivity contribution in [3.05, 3.63) is 35.2 Å². The van der Waals surface area contributed by atoms with Crippen LogP contribution in [0.3, 0.4) is 0 Å². The Bertz CT molecular complexity index is 796. The molecule has 2 saturated heterocycles. The Morgan fingerprint density at radius 3 is 2.96 bits per heavy atom. The molecule has 2 atom stereocenters. The molecule has 0 bridgehead atoms. The lowest BCUT2D eigenvalue weighted by Gasteiger charge is -2.24. The topological polar surface area (TPSA) is 88.1 Å². The summed E-state index contributed by atoms with van der Waals surface area (Å²) >= 11 is 0. The molecule has 0 aromatic carbocycles. The average Bonchev–Trinajstić information content (AvgIpc) is 3.21. The Hall–Kier alpha value is -2.46. The third-order valence-corrected chi connectivity index (χ3v) is 4.81. The van der Waals surface area contributed by atoms with Crippen molar-refractivity contribution in [2.75, 3.05) is 31.2 Å². The molecule has 2 aromatic rings. The van der Waals surface area contributed by atoms with Crippen molar-refractivity contribution in [1.29, 1.82) is 5.26 Å². The van der Waals surface area contributed by atoms with Gasteiger partial charge in [-0.1, -0.05) is 6.07 Å². The van der Waals surface area contributed by atoms with Gasteiger partial charge in [0, 0.05) is 25.9 Å². The predicted octanol–water partition coefficient (Wildman–Crippen LogP) is 1.36. The number of anilines is 1. The van der Waals surface area contributed by atoms with Gasteiger partial charge in [-0.25, -0.2) is 4.98 Å². The first-order valence-corrected chi connectivity index (χ1v) is 7.63. The van der Waals surface area contributed by atoms with Crippen LogP contribution in [0.25, 0.3) is 0 Å². The molecular weight excluding hydrogens is 294 g/mol. The number of nitrogens with zero attached hydrogens (tertiary/aromatic N) is 5. The van der Waals surface area contributed by atoms with E-state index in [1.165, 1.54) is 0 Å². The molecule has 4 heterocycles. The number of hydrogen-bond donors (Lipinski definition) is 0. The summed E-state index contributed by atoms with van der Waals surface area (Å²) in [6, 6.07) is 5.80. The fraction of sp³-hybridized carbons (Fsp3) is 0.500. The van der Waals surface area contributed by atoms with Crippen molar-refractivity contribution in [3.8, 4) is 6.07 Å². The van der Waals surface area contributed by atoms with Gasteiger partial charge in [0.25, 0.3) is 0 Å². The van der Waals surface area contributed by atoms with E-state index in [0.717, 1.165) is 17.9 Å².